The van der Waals surface area contributed by atoms with Gasteiger partial charge in [-0.05, 0) is 49.7 Å². The molecule has 1 fully saturated rings. The molecule has 1 atom stereocenters. The first-order valence-corrected chi connectivity index (χ1v) is 8.62. The highest BCUT2D eigenvalue weighted by Gasteiger charge is 2.33. The molecule has 0 spiro atoms. The lowest BCUT2D eigenvalue weighted by Gasteiger charge is -2.36. The third kappa shape index (κ3) is 3.43. The summed E-state index contributed by atoms with van der Waals surface area (Å²) in [7, 11) is 1.94. The standard InChI is InChI=1S/C17H19Cl2N3O2/c1-21-15(4-7-20-21)11-5-8-22(9-6-11)16(17(23)24)13-3-2-12(18)10-14(13)19/h2-4,7,10-11,16H,5-6,8-9H2,1H3,(H,23,24). The average molecular weight is 368 g/mol. The zero-order valence-electron chi connectivity index (χ0n) is 13.3. The van der Waals surface area contributed by atoms with Crippen molar-refractivity contribution >= 4 is 29.2 Å². The monoisotopic (exact) mass is 367 g/mol. The molecule has 5 nitrogen and oxygen atoms in total. The number of aromatic nitrogens is 2. The third-order valence-corrected chi connectivity index (χ3v) is 5.23. The number of benzene rings is 1. The summed E-state index contributed by atoms with van der Waals surface area (Å²) >= 11 is 12.2. The number of halogens is 2. The van der Waals surface area contributed by atoms with Crippen LogP contribution in [0.25, 0.3) is 0 Å². The zero-order chi connectivity index (χ0) is 17.3. The van der Waals surface area contributed by atoms with E-state index in [1.165, 1.54) is 5.69 Å². The van der Waals surface area contributed by atoms with Gasteiger partial charge in [-0.15, -0.1) is 0 Å². The maximum absolute atomic E-state index is 11.9. The molecule has 128 valence electrons. The highest BCUT2D eigenvalue weighted by atomic mass is 35.5. The number of carboxylic acids is 1. The van der Waals surface area contributed by atoms with E-state index < -0.39 is 12.0 Å². The maximum Gasteiger partial charge on any atom is 0.325 e. The Morgan fingerprint density at radius 3 is 2.54 bits per heavy atom. The molecule has 3 rings (SSSR count). The highest BCUT2D eigenvalue weighted by molar-refractivity contribution is 6.35. The van der Waals surface area contributed by atoms with Crippen molar-refractivity contribution in [3.05, 3.63) is 51.8 Å². The number of rotatable bonds is 4. The van der Waals surface area contributed by atoms with Crippen molar-refractivity contribution in [1.82, 2.24) is 14.7 Å². The van der Waals surface area contributed by atoms with E-state index in [1.54, 1.807) is 24.4 Å². The summed E-state index contributed by atoms with van der Waals surface area (Å²) in [5.74, 6) is -0.484. The van der Waals surface area contributed by atoms with Crippen molar-refractivity contribution in [2.75, 3.05) is 13.1 Å². The molecule has 0 aliphatic carbocycles. The van der Waals surface area contributed by atoms with Crippen LogP contribution in [0.5, 0.6) is 0 Å². The molecule has 7 heteroatoms. The van der Waals surface area contributed by atoms with Gasteiger partial charge in [0, 0.05) is 34.9 Å². The molecular formula is C17H19Cl2N3O2. The number of piperidine rings is 1. The Hall–Kier alpha value is -1.56. The van der Waals surface area contributed by atoms with Gasteiger partial charge in [0.2, 0.25) is 0 Å². The molecule has 2 heterocycles. The number of aliphatic carboxylic acids is 1. The van der Waals surface area contributed by atoms with Crippen LogP contribution in [-0.2, 0) is 11.8 Å². The van der Waals surface area contributed by atoms with Gasteiger partial charge in [-0.3, -0.25) is 14.4 Å². The average Bonchev–Trinajstić information content (AvgIpc) is 2.96. The van der Waals surface area contributed by atoms with Crippen LogP contribution in [-0.4, -0.2) is 38.8 Å². The molecule has 0 amide bonds. The van der Waals surface area contributed by atoms with Gasteiger partial charge in [0.05, 0.1) is 0 Å². The van der Waals surface area contributed by atoms with Gasteiger partial charge < -0.3 is 5.11 Å². The van der Waals surface area contributed by atoms with Crippen molar-refractivity contribution in [3.63, 3.8) is 0 Å². The predicted octanol–water partition coefficient (Wildman–Crippen LogP) is 3.73. The molecule has 0 radical (unpaired) electrons. The second kappa shape index (κ2) is 7.13. The van der Waals surface area contributed by atoms with Crippen molar-refractivity contribution < 1.29 is 9.90 Å². The molecule has 1 aromatic carbocycles. The summed E-state index contributed by atoms with van der Waals surface area (Å²) in [6, 6.07) is 6.27. The van der Waals surface area contributed by atoms with Crippen LogP contribution < -0.4 is 0 Å². The third-order valence-electron chi connectivity index (χ3n) is 4.66. The summed E-state index contributed by atoms with van der Waals surface area (Å²) in [5.41, 5.74) is 1.79. The largest absolute Gasteiger partial charge is 0.480 e. The predicted molar refractivity (Wildman–Crippen MR) is 93.6 cm³/mol. The Kier molecular flexibility index (Phi) is 5.13. The topological polar surface area (TPSA) is 58.4 Å². The van der Waals surface area contributed by atoms with Crippen LogP contribution in [0.1, 0.15) is 36.1 Å². The molecule has 1 saturated heterocycles. The minimum absolute atomic E-state index is 0.392. The lowest BCUT2D eigenvalue weighted by molar-refractivity contribution is -0.144. The lowest BCUT2D eigenvalue weighted by atomic mass is 9.91. The van der Waals surface area contributed by atoms with Gasteiger partial charge in [0.1, 0.15) is 6.04 Å². The van der Waals surface area contributed by atoms with Gasteiger partial charge in [-0.2, -0.15) is 5.10 Å². The molecule has 24 heavy (non-hydrogen) atoms. The molecule has 0 saturated carbocycles. The van der Waals surface area contributed by atoms with Crippen LogP contribution in [0.2, 0.25) is 10.0 Å². The van der Waals surface area contributed by atoms with Crippen molar-refractivity contribution in [3.8, 4) is 0 Å². The summed E-state index contributed by atoms with van der Waals surface area (Å²) in [5, 5.41) is 14.8. The normalized spacial score (nSPS) is 17.8. The van der Waals surface area contributed by atoms with Gasteiger partial charge in [0.15, 0.2) is 0 Å². The van der Waals surface area contributed by atoms with Crippen molar-refractivity contribution in [2.24, 2.45) is 7.05 Å². The molecule has 0 bridgehead atoms. The van der Waals surface area contributed by atoms with Gasteiger partial charge >= 0.3 is 5.97 Å². The molecule has 2 aromatic rings. The van der Waals surface area contributed by atoms with Crippen LogP contribution in [0, 0.1) is 0 Å². The van der Waals surface area contributed by atoms with E-state index in [1.807, 2.05) is 22.7 Å². The Morgan fingerprint density at radius 1 is 1.29 bits per heavy atom. The minimum atomic E-state index is -0.891. The molecule has 1 N–H and O–H groups in total. The SMILES string of the molecule is Cn1nccc1C1CCN(C(C(=O)O)c2ccc(Cl)cc2Cl)CC1. The van der Waals surface area contributed by atoms with E-state index in [4.69, 9.17) is 23.2 Å². The number of likely N-dealkylation sites (tertiary alicyclic amines) is 1. The first-order chi connectivity index (χ1) is 11.5. The fraction of sp³-hybridized carbons (Fsp3) is 0.412. The van der Waals surface area contributed by atoms with Crippen molar-refractivity contribution in [1.29, 1.82) is 0 Å². The van der Waals surface area contributed by atoms with Crippen LogP contribution >= 0.6 is 23.2 Å². The van der Waals surface area contributed by atoms with E-state index in [9.17, 15) is 9.90 Å². The Bertz CT molecular complexity index is 739. The number of aryl methyl sites for hydroxylation is 1. The summed E-state index contributed by atoms with van der Waals surface area (Å²) in [6.45, 7) is 1.40. The second-order valence-electron chi connectivity index (χ2n) is 6.10. The number of carboxylic acid groups (broad SMARTS) is 1. The van der Waals surface area contributed by atoms with Gasteiger partial charge in [-0.25, -0.2) is 0 Å². The van der Waals surface area contributed by atoms with E-state index in [0.29, 0.717) is 34.6 Å². The summed E-state index contributed by atoms with van der Waals surface area (Å²) in [4.78, 5) is 13.8. The quantitative estimate of drug-likeness (QED) is 0.894. The number of hydrogen-bond acceptors (Lipinski definition) is 3. The van der Waals surface area contributed by atoms with Crippen molar-refractivity contribution in [2.45, 2.75) is 24.8 Å². The first kappa shape index (κ1) is 17.3. The van der Waals surface area contributed by atoms with Crippen LogP contribution in [0.3, 0.4) is 0 Å². The summed E-state index contributed by atoms with van der Waals surface area (Å²) in [6.07, 6.45) is 3.60. The molecule has 1 unspecified atom stereocenters. The van der Waals surface area contributed by atoms with Gasteiger partial charge in [-0.1, -0.05) is 29.3 Å². The molecule has 1 aliphatic rings. The Labute approximate surface area is 150 Å². The zero-order valence-corrected chi connectivity index (χ0v) is 14.8. The van der Waals surface area contributed by atoms with Crippen LogP contribution in [0.4, 0.5) is 0 Å². The van der Waals surface area contributed by atoms with Gasteiger partial charge in [0.25, 0.3) is 0 Å². The number of nitrogens with zero attached hydrogens (tertiary/aromatic N) is 3. The Balaban J connectivity index is 1.77. The fourth-order valence-electron chi connectivity index (χ4n) is 3.45. The minimum Gasteiger partial charge on any atom is -0.480 e. The Morgan fingerprint density at radius 2 is 2.00 bits per heavy atom. The molecule has 1 aromatic heterocycles. The molecular weight excluding hydrogens is 349 g/mol. The summed E-state index contributed by atoms with van der Waals surface area (Å²) < 4.78 is 1.89. The molecule has 1 aliphatic heterocycles. The van der Waals surface area contributed by atoms with Crippen LogP contribution in [0.15, 0.2) is 30.5 Å². The fourth-order valence-corrected chi connectivity index (χ4v) is 3.96. The maximum atomic E-state index is 11.9. The lowest BCUT2D eigenvalue weighted by Crippen LogP contribution is -2.40. The number of carbonyl (C=O) groups is 1. The first-order valence-electron chi connectivity index (χ1n) is 7.87. The smallest absolute Gasteiger partial charge is 0.325 e. The van der Waals surface area contributed by atoms with E-state index in [-0.39, 0.29) is 0 Å². The van der Waals surface area contributed by atoms with E-state index in [2.05, 4.69) is 5.10 Å². The van der Waals surface area contributed by atoms with E-state index >= 15 is 0 Å². The van der Waals surface area contributed by atoms with E-state index in [0.717, 1.165) is 12.8 Å². The second-order valence-corrected chi connectivity index (χ2v) is 6.94. The number of hydrogen-bond donors (Lipinski definition) is 1. The highest BCUT2D eigenvalue weighted by Crippen LogP contribution is 2.35.